The third-order valence-electron chi connectivity index (χ3n) is 3.90. The van der Waals surface area contributed by atoms with Gasteiger partial charge in [-0.3, -0.25) is 4.79 Å². The van der Waals surface area contributed by atoms with Gasteiger partial charge in [-0.05, 0) is 12.1 Å². The number of ether oxygens (including phenoxy) is 3. The summed E-state index contributed by atoms with van der Waals surface area (Å²) in [6, 6.07) is 4.56. The minimum absolute atomic E-state index is 0.134. The van der Waals surface area contributed by atoms with Crippen molar-refractivity contribution in [2.45, 2.75) is 0 Å². The summed E-state index contributed by atoms with van der Waals surface area (Å²) in [5.74, 6) is -1.14. The Hall–Kier alpha value is -3.29. The Morgan fingerprint density at radius 3 is 2.38 bits per heavy atom. The van der Waals surface area contributed by atoms with Gasteiger partial charge in [0.2, 0.25) is 5.75 Å². The van der Waals surface area contributed by atoms with Crippen LogP contribution in [0.25, 0.3) is 10.9 Å². The zero-order chi connectivity index (χ0) is 18.8. The lowest BCUT2D eigenvalue weighted by Gasteiger charge is -2.14. The average Bonchev–Trinajstić information content (AvgIpc) is 3.05. The van der Waals surface area contributed by atoms with Gasteiger partial charge in [-0.1, -0.05) is 0 Å². The van der Waals surface area contributed by atoms with Crippen molar-refractivity contribution >= 4 is 22.5 Å². The van der Waals surface area contributed by atoms with Crippen LogP contribution in [0.4, 0.5) is 14.5 Å². The van der Waals surface area contributed by atoms with Gasteiger partial charge in [0, 0.05) is 18.3 Å². The summed E-state index contributed by atoms with van der Waals surface area (Å²) >= 11 is 0. The molecule has 0 unspecified atom stereocenters. The van der Waals surface area contributed by atoms with Gasteiger partial charge in [0.25, 0.3) is 5.91 Å². The first-order valence-corrected chi connectivity index (χ1v) is 7.56. The van der Waals surface area contributed by atoms with Gasteiger partial charge in [-0.25, -0.2) is 8.78 Å². The molecular formula is C18H16F2N2O4. The zero-order valence-corrected chi connectivity index (χ0v) is 14.3. The molecule has 1 heterocycles. The molecule has 0 radical (unpaired) electrons. The molecule has 0 aliphatic carbocycles. The molecule has 2 aromatic carbocycles. The molecule has 6 nitrogen and oxygen atoms in total. The molecule has 26 heavy (non-hydrogen) atoms. The number of rotatable bonds is 5. The van der Waals surface area contributed by atoms with Gasteiger partial charge in [0.15, 0.2) is 11.5 Å². The molecule has 0 bridgehead atoms. The standard InChI is InChI=1S/C18H16F2N2O4/c1-24-14-7-13-15(17(26-3)16(14)25-2)10(8-21-13)18(23)22-12-5-4-9(19)6-11(12)20/h4-8,21H,1-3H3,(H,22,23). The van der Waals surface area contributed by atoms with Crippen LogP contribution in [0.2, 0.25) is 0 Å². The van der Waals surface area contributed by atoms with Gasteiger partial charge in [-0.15, -0.1) is 0 Å². The predicted molar refractivity (Wildman–Crippen MR) is 92.3 cm³/mol. The van der Waals surface area contributed by atoms with Crippen LogP contribution in [0, 0.1) is 11.6 Å². The molecule has 1 amide bonds. The summed E-state index contributed by atoms with van der Waals surface area (Å²) in [5, 5.41) is 2.87. The number of hydrogen-bond acceptors (Lipinski definition) is 4. The zero-order valence-electron chi connectivity index (χ0n) is 14.3. The molecule has 136 valence electrons. The smallest absolute Gasteiger partial charge is 0.258 e. The fourth-order valence-corrected chi connectivity index (χ4v) is 2.72. The number of benzene rings is 2. The number of aromatic nitrogens is 1. The number of hydrogen-bond donors (Lipinski definition) is 2. The van der Waals surface area contributed by atoms with E-state index in [4.69, 9.17) is 14.2 Å². The summed E-state index contributed by atoms with van der Waals surface area (Å²) in [6.07, 6.45) is 1.46. The molecule has 0 fully saturated rings. The van der Waals surface area contributed by atoms with E-state index in [1.807, 2.05) is 0 Å². The lowest BCUT2D eigenvalue weighted by molar-refractivity contribution is 0.102. The van der Waals surface area contributed by atoms with E-state index < -0.39 is 17.5 Å². The summed E-state index contributed by atoms with van der Waals surface area (Å²) in [5.41, 5.74) is 0.649. The molecule has 8 heteroatoms. The number of H-pyrrole nitrogens is 1. The summed E-state index contributed by atoms with van der Waals surface area (Å²) in [7, 11) is 4.37. The number of nitrogens with one attached hydrogen (secondary N) is 2. The van der Waals surface area contributed by atoms with Gasteiger partial charge in [0.1, 0.15) is 11.6 Å². The van der Waals surface area contributed by atoms with Crippen molar-refractivity contribution in [3.63, 3.8) is 0 Å². The van der Waals surface area contributed by atoms with Gasteiger partial charge in [0.05, 0.1) is 43.5 Å². The minimum Gasteiger partial charge on any atom is -0.493 e. The summed E-state index contributed by atoms with van der Waals surface area (Å²) < 4.78 is 42.8. The van der Waals surface area contributed by atoms with Crippen LogP contribution < -0.4 is 19.5 Å². The Bertz CT molecular complexity index is 985. The lowest BCUT2D eigenvalue weighted by atomic mass is 10.1. The number of fused-ring (bicyclic) bond motifs is 1. The third-order valence-corrected chi connectivity index (χ3v) is 3.90. The van der Waals surface area contributed by atoms with Crippen molar-refractivity contribution in [3.8, 4) is 17.2 Å². The van der Waals surface area contributed by atoms with E-state index in [9.17, 15) is 13.6 Å². The topological polar surface area (TPSA) is 72.6 Å². The molecular weight excluding hydrogens is 346 g/mol. The van der Waals surface area contributed by atoms with E-state index in [1.165, 1.54) is 27.5 Å². The molecule has 0 spiro atoms. The monoisotopic (exact) mass is 362 g/mol. The van der Waals surface area contributed by atoms with Crippen LogP contribution in [0.15, 0.2) is 30.5 Å². The molecule has 0 aliphatic rings. The number of amides is 1. The van der Waals surface area contributed by atoms with Crippen molar-refractivity contribution in [1.82, 2.24) is 4.98 Å². The predicted octanol–water partition coefficient (Wildman–Crippen LogP) is 3.72. The van der Waals surface area contributed by atoms with Gasteiger partial charge >= 0.3 is 0 Å². The number of carbonyl (C=O) groups excluding carboxylic acids is 1. The molecule has 0 aliphatic heterocycles. The van der Waals surface area contributed by atoms with Gasteiger partial charge < -0.3 is 24.5 Å². The SMILES string of the molecule is COc1cc2[nH]cc(C(=O)Nc3ccc(F)cc3F)c2c(OC)c1OC. The van der Waals surface area contributed by atoms with Crippen LogP contribution in [-0.2, 0) is 0 Å². The summed E-state index contributed by atoms with van der Waals surface area (Å²) in [6.45, 7) is 0. The molecule has 0 saturated carbocycles. The second-order valence-corrected chi connectivity index (χ2v) is 5.35. The van der Waals surface area contributed by atoms with E-state index in [1.54, 1.807) is 6.07 Å². The Morgan fingerprint density at radius 2 is 1.77 bits per heavy atom. The van der Waals surface area contributed by atoms with E-state index in [0.29, 0.717) is 34.2 Å². The third kappa shape index (κ3) is 2.90. The van der Waals surface area contributed by atoms with Crippen molar-refractivity contribution < 1.29 is 27.8 Å². The second kappa shape index (κ2) is 6.91. The van der Waals surface area contributed by atoms with Gasteiger partial charge in [-0.2, -0.15) is 0 Å². The van der Waals surface area contributed by atoms with Crippen LogP contribution in [0.3, 0.4) is 0 Å². The first kappa shape index (κ1) is 17.5. The van der Waals surface area contributed by atoms with E-state index in [0.717, 1.165) is 12.1 Å². The maximum absolute atomic E-state index is 13.8. The highest BCUT2D eigenvalue weighted by Gasteiger charge is 2.23. The Morgan fingerprint density at radius 1 is 1.04 bits per heavy atom. The highest BCUT2D eigenvalue weighted by molar-refractivity contribution is 6.15. The average molecular weight is 362 g/mol. The minimum atomic E-state index is -0.871. The fourth-order valence-electron chi connectivity index (χ4n) is 2.72. The van der Waals surface area contributed by atoms with E-state index >= 15 is 0 Å². The summed E-state index contributed by atoms with van der Waals surface area (Å²) in [4.78, 5) is 15.6. The number of anilines is 1. The molecule has 0 atom stereocenters. The number of aromatic amines is 1. The van der Waals surface area contributed by atoms with Crippen LogP contribution >= 0.6 is 0 Å². The highest BCUT2D eigenvalue weighted by Crippen LogP contribution is 2.44. The van der Waals surface area contributed by atoms with Crippen LogP contribution in [0.1, 0.15) is 10.4 Å². The van der Waals surface area contributed by atoms with Crippen LogP contribution in [0.5, 0.6) is 17.2 Å². The Balaban J connectivity index is 2.09. The molecule has 1 aromatic heterocycles. The fraction of sp³-hybridized carbons (Fsp3) is 0.167. The second-order valence-electron chi connectivity index (χ2n) is 5.35. The Labute approximate surface area is 147 Å². The first-order chi connectivity index (χ1) is 12.5. The molecule has 3 aromatic rings. The molecule has 0 saturated heterocycles. The molecule has 3 rings (SSSR count). The maximum Gasteiger partial charge on any atom is 0.258 e. The van der Waals surface area contributed by atoms with Crippen molar-refractivity contribution in [2.75, 3.05) is 26.6 Å². The van der Waals surface area contributed by atoms with E-state index in [-0.39, 0.29) is 11.3 Å². The lowest BCUT2D eigenvalue weighted by Crippen LogP contribution is -2.13. The largest absolute Gasteiger partial charge is 0.493 e. The van der Waals surface area contributed by atoms with Crippen LogP contribution in [-0.4, -0.2) is 32.2 Å². The number of halogens is 2. The number of carbonyl (C=O) groups is 1. The maximum atomic E-state index is 13.8. The van der Waals surface area contributed by atoms with Crippen molar-refractivity contribution in [1.29, 1.82) is 0 Å². The van der Waals surface area contributed by atoms with Crippen molar-refractivity contribution in [2.24, 2.45) is 0 Å². The van der Waals surface area contributed by atoms with E-state index in [2.05, 4.69) is 10.3 Å². The Kier molecular flexibility index (Phi) is 4.66. The quantitative estimate of drug-likeness (QED) is 0.726. The molecule has 2 N–H and O–H groups in total. The normalized spacial score (nSPS) is 10.7. The first-order valence-electron chi connectivity index (χ1n) is 7.56. The van der Waals surface area contributed by atoms with Crippen molar-refractivity contribution in [3.05, 3.63) is 47.7 Å². The highest BCUT2D eigenvalue weighted by atomic mass is 19.1. The number of methoxy groups -OCH3 is 3.